The Morgan fingerprint density at radius 3 is 2.48 bits per heavy atom. The van der Waals surface area contributed by atoms with Gasteiger partial charge in [0.25, 0.3) is 11.5 Å². The maximum Gasteiger partial charge on any atom is 0.331 e. The first-order valence-corrected chi connectivity index (χ1v) is 12.2. The Kier molecular flexibility index (Phi) is 6.93. The van der Waals surface area contributed by atoms with Crippen molar-refractivity contribution in [2.24, 2.45) is 14.1 Å². The van der Waals surface area contributed by atoms with Crippen LogP contribution in [0.4, 0.5) is 0 Å². The molecule has 0 aliphatic carbocycles. The smallest absolute Gasteiger partial charge is 0.331 e. The van der Waals surface area contributed by atoms with E-state index in [9.17, 15) is 14.4 Å². The van der Waals surface area contributed by atoms with Crippen LogP contribution in [0.2, 0.25) is 0 Å². The lowest BCUT2D eigenvalue weighted by atomic mass is 10.00. The van der Waals surface area contributed by atoms with Crippen molar-refractivity contribution in [3.05, 3.63) is 31.8 Å². The molecule has 170 valence electrons. The average Bonchev–Trinajstić information content (AvgIpc) is 3.26. The Balaban J connectivity index is 1.24. The topological polar surface area (TPSA) is 79.6 Å². The van der Waals surface area contributed by atoms with Gasteiger partial charge in [0.05, 0.1) is 10.3 Å². The number of carbonyl (C=O) groups is 1. The van der Waals surface area contributed by atoms with Gasteiger partial charge in [-0.3, -0.25) is 18.7 Å². The van der Waals surface area contributed by atoms with E-state index in [0.29, 0.717) is 21.6 Å². The molecule has 0 spiro atoms. The van der Waals surface area contributed by atoms with Crippen LogP contribution in [-0.2, 0) is 14.1 Å². The number of aryl methyl sites for hydroxylation is 1. The summed E-state index contributed by atoms with van der Waals surface area (Å²) in [7, 11) is 3.08. The van der Waals surface area contributed by atoms with Crippen LogP contribution in [0.1, 0.15) is 48.2 Å². The van der Waals surface area contributed by atoms with Crippen molar-refractivity contribution >= 4 is 27.5 Å². The summed E-state index contributed by atoms with van der Waals surface area (Å²) in [6, 6.07) is 2.36. The summed E-state index contributed by atoms with van der Waals surface area (Å²) in [6.07, 6.45) is 7.50. The van der Waals surface area contributed by atoms with E-state index in [4.69, 9.17) is 0 Å². The van der Waals surface area contributed by atoms with Gasteiger partial charge in [0.2, 0.25) is 0 Å². The van der Waals surface area contributed by atoms with Crippen molar-refractivity contribution in [1.29, 1.82) is 0 Å². The van der Waals surface area contributed by atoms with Crippen molar-refractivity contribution < 1.29 is 4.79 Å². The molecular formula is C22H33N5O3S. The molecule has 2 fully saturated rings. The summed E-state index contributed by atoms with van der Waals surface area (Å²) in [5.41, 5.74) is -0.739. The number of piperidine rings is 2. The standard InChI is InChI=1S/C22H33N5O3S/c1-24-20(29)17-15-18(31-21(17)25(2)22(24)30)19(28)23-9-6-10-26-13-7-16(8-14-26)27-11-4-3-5-12-27/h15-16H,3-14H2,1-2H3,(H,23,28). The van der Waals surface area contributed by atoms with Gasteiger partial charge in [0.1, 0.15) is 4.83 Å². The maximum absolute atomic E-state index is 12.6. The molecule has 1 amide bonds. The van der Waals surface area contributed by atoms with Gasteiger partial charge in [0.15, 0.2) is 0 Å². The number of rotatable bonds is 6. The largest absolute Gasteiger partial charge is 0.351 e. The molecule has 2 aromatic heterocycles. The van der Waals surface area contributed by atoms with Crippen LogP contribution in [0, 0.1) is 0 Å². The van der Waals surface area contributed by atoms with Gasteiger partial charge in [0, 0.05) is 26.7 Å². The highest BCUT2D eigenvalue weighted by atomic mass is 32.1. The molecule has 2 aromatic rings. The van der Waals surface area contributed by atoms with Gasteiger partial charge in [-0.25, -0.2) is 4.79 Å². The summed E-state index contributed by atoms with van der Waals surface area (Å²) >= 11 is 1.19. The molecule has 4 heterocycles. The van der Waals surface area contributed by atoms with E-state index in [1.807, 2.05) is 0 Å². The number of likely N-dealkylation sites (tertiary alicyclic amines) is 2. The Bertz CT molecular complexity index is 1040. The van der Waals surface area contributed by atoms with Crippen LogP contribution in [-0.4, -0.2) is 70.2 Å². The molecule has 0 atom stereocenters. The average molecular weight is 448 g/mol. The molecule has 1 N–H and O–H groups in total. The molecule has 0 aromatic carbocycles. The number of nitrogens with zero attached hydrogens (tertiary/aromatic N) is 4. The summed E-state index contributed by atoms with van der Waals surface area (Å²) in [6.45, 7) is 6.43. The Labute approximate surface area is 186 Å². The molecule has 0 radical (unpaired) electrons. The first kappa shape index (κ1) is 22.2. The quantitative estimate of drug-likeness (QED) is 0.677. The number of hydrogen-bond acceptors (Lipinski definition) is 6. The molecule has 31 heavy (non-hydrogen) atoms. The van der Waals surface area contributed by atoms with Gasteiger partial charge in [-0.2, -0.15) is 0 Å². The van der Waals surface area contributed by atoms with E-state index in [1.54, 1.807) is 13.1 Å². The third-order valence-electron chi connectivity index (χ3n) is 6.75. The summed E-state index contributed by atoms with van der Waals surface area (Å²) in [5, 5.41) is 3.38. The summed E-state index contributed by atoms with van der Waals surface area (Å²) < 4.78 is 2.50. The molecule has 2 aliphatic heterocycles. The van der Waals surface area contributed by atoms with Crippen LogP contribution < -0.4 is 16.6 Å². The molecular weight excluding hydrogens is 414 g/mol. The number of aromatic nitrogens is 2. The molecule has 2 saturated heterocycles. The van der Waals surface area contributed by atoms with Gasteiger partial charge in [-0.05, 0) is 70.9 Å². The molecule has 9 heteroatoms. The zero-order chi connectivity index (χ0) is 22.0. The van der Waals surface area contributed by atoms with Gasteiger partial charge in [-0.15, -0.1) is 11.3 Å². The van der Waals surface area contributed by atoms with Crippen molar-refractivity contribution in [3.63, 3.8) is 0 Å². The van der Waals surface area contributed by atoms with Crippen LogP contribution in [0.25, 0.3) is 10.2 Å². The second kappa shape index (κ2) is 9.67. The fourth-order valence-electron chi connectivity index (χ4n) is 4.86. The fraction of sp³-hybridized carbons (Fsp3) is 0.682. The molecule has 2 aliphatic rings. The molecule has 0 bridgehead atoms. The molecule has 0 saturated carbocycles. The lowest BCUT2D eigenvalue weighted by Gasteiger charge is -2.40. The first-order chi connectivity index (χ1) is 15.0. The van der Waals surface area contributed by atoms with E-state index in [1.165, 1.54) is 68.1 Å². The maximum atomic E-state index is 12.6. The number of hydrogen-bond donors (Lipinski definition) is 1. The number of amides is 1. The minimum Gasteiger partial charge on any atom is -0.351 e. The van der Waals surface area contributed by atoms with Crippen LogP contribution in [0.3, 0.4) is 0 Å². The SMILES string of the molecule is Cn1c(=O)c2cc(C(=O)NCCCN3CCC(N4CCCCC4)CC3)sc2n(C)c1=O. The number of thiophene rings is 1. The van der Waals surface area contributed by atoms with Crippen molar-refractivity contribution in [2.45, 2.75) is 44.6 Å². The van der Waals surface area contributed by atoms with E-state index < -0.39 is 0 Å². The fourth-order valence-corrected chi connectivity index (χ4v) is 5.88. The summed E-state index contributed by atoms with van der Waals surface area (Å²) in [5.74, 6) is -0.181. The highest BCUT2D eigenvalue weighted by Crippen LogP contribution is 2.22. The highest BCUT2D eigenvalue weighted by Gasteiger charge is 2.25. The Hall–Kier alpha value is -1.97. The number of nitrogens with one attached hydrogen (secondary N) is 1. The predicted molar refractivity (Wildman–Crippen MR) is 124 cm³/mol. The van der Waals surface area contributed by atoms with Crippen molar-refractivity contribution in [3.8, 4) is 0 Å². The molecule has 0 unspecified atom stereocenters. The zero-order valence-electron chi connectivity index (χ0n) is 18.6. The van der Waals surface area contributed by atoms with E-state index in [2.05, 4.69) is 15.1 Å². The summed E-state index contributed by atoms with van der Waals surface area (Å²) in [4.78, 5) is 43.2. The van der Waals surface area contributed by atoms with E-state index in [-0.39, 0.29) is 17.2 Å². The Morgan fingerprint density at radius 2 is 1.77 bits per heavy atom. The van der Waals surface area contributed by atoms with Gasteiger partial charge >= 0.3 is 5.69 Å². The van der Waals surface area contributed by atoms with Crippen molar-refractivity contribution in [1.82, 2.24) is 24.3 Å². The van der Waals surface area contributed by atoms with Crippen LogP contribution in [0.15, 0.2) is 15.7 Å². The minimum absolute atomic E-state index is 0.181. The van der Waals surface area contributed by atoms with Crippen LogP contribution >= 0.6 is 11.3 Å². The zero-order valence-corrected chi connectivity index (χ0v) is 19.4. The second-order valence-electron chi connectivity index (χ2n) is 8.81. The Morgan fingerprint density at radius 1 is 1.06 bits per heavy atom. The first-order valence-electron chi connectivity index (χ1n) is 11.4. The van der Waals surface area contributed by atoms with Gasteiger partial charge < -0.3 is 15.1 Å². The number of carbonyl (C=O) groups excluding carboxylic acids is 1. The van der Waals surface area contributed by atoms with Gasteiger partial charge in [-0.1, -0.05) is 6.42 Å². The lowest BCUT2D eigenvalue weighted by molar-refractivity contribution is 0.0904. The predicted octanol–water partition coefficient (Wildman–Crippen LogP) is 1.37. The van der Waals surface area contributed by atoms with Crippen molar-refractivity contribution in [2.75, 3.05) is 39.3 Å². The molecule has 8 nitrogen and oxygen atoms in total. The monoisotopic (exact) mass is 447 g/mol. The van der Waals surface area contributed by atoms with Crippen LogP contribution in [0.5, 0.6) is 0 Å². The van der Waals surface area contributed by atoms with E-state index >= 15 is 0 Å². The highest BCUT2D eigenvalue weighted by molar-refractivity contribution is 7.20. The second-order valence-corrected chi connectivity index (χ2v) is 9.84. The normalized spacial score (nSPS) is 19.2. The third kappa shape index (κ3) is 4.78. The molecule has 4 rings (SSSR count). The van der Waals surface area contributed by atoms with E-state index in [0.717, 1.165) is 36.7 Å². The third-order valence-corrected chi connectivity index (χ3v) is 7.96. The number of fused-ring (bicyclic) bond motifs is 1. The minimum atomic E-state index is -0.379. The lowest BCUT2D eigenvalue weighted by Crippen LogP contribution is -2.47.